The van der Waals surface area contributed by atoms with Gasteiger partial charge in [0.25, 0.3) is 0 Å². The quantitative estimate of drug-likeness (QED) is 0.509. The van der Waals surface area contributed by atoms with Gasteiger partial charge < -0.3 is 10.5 Å². The minimum Gasteiger partial charge on any atom is -0.506 e. The van der Waals surface area contributed by atoms with E-state index in [1.165, 1.54) is 0 Å². The first kappa shape index (κ1) is 13.7. The first-order chi connectivity index (χ1) is 9.65. The third kappa shape index (κ3) is 2.00. The molecule has 7 heteroatoms. The van der Waals surface area contributed by atoms with Crippen LogP contribution in [0.5, 0.6) is 0 Å². The molecule has 0 saturated heterocycles. The molecule has 1 heterocycles. The van der Waals surface area contributed by atoms with Crippen LogP contribution in [0.15, 0.2) is 34.4 Å². The second kappa shape index (κ2) is 5.47. The molecule has 1 aliphatic carbocycles. The Balaban J connectivity index is 2.32. The van der Waals surface area contributed by atoms with Crippen LogP contribution in [0.2, 0.25) is 0 Å². The Hall–Kier alpha value is -2.77. The summed E-state index contributed by atoms with van der Waals surface area (Å²) in [7, 11) is 0. The van der Waals surface area contributed by atoms with Crippen LogP contribution in [0, 0.1) is 22.7 Å². The third-order valence-corrected chi connectivity index (χ3v) is 3.09. The molecule has 0 spiro atoms. The summed E-state index contributed by atoms with van der Waals surface area (Å²) < 4.78 is 0. The number of nitrogens with one attached hydrogen (secondary N) is 2. The zero-order chi connectivity index (χ0) is 14.7. The second-order valence-corrected chi connectivity index (χ2v) is 4.32. The fraction of sp³-hybridized carbons (Fsp3) is 0.308. The van der Waals surface area contributed by atoms with Crippen molar-refractivity contribution < 1.29 is 9.90 Å². The van der Waals surface area contributed by atoms with Crippen LogP contribution < -0.4 is 11.0 Å². The summed E-state index contributed by atoms with van der Waals surface area (Å²) in [4.78, 5) is 12.0. The van der Waals surface area contributed by atoms with E-state index in [4.69, 9.17) is 10.5 Å². The molecule has 0 radical (unpaired) electrons. The Bertz CT molecular complexity index is 614. The van der Waals surface area contributed by atoms with Crippen LogP contribution in [-0.2, 0) is 4.79 Å². The summed E-state index contributed by atoms with van der Waals surface area (Å²) in [5, 5.41) is 29.2. The zero-order valence-electron chi connectivity index (χ0n) is 10.9. The number of unbranched alkanes of at least 4 members (excludes halogenated alkanes) is 1. The zero-order valence-corrected chi connectivity index (χ0v) is 10.9. The van der Waals surface area contributed by atoms with Crippen molar-refractivity contribution in [2.75, 3.05) is 6.54 Å². The number of nitrogens with zero attached hydrogens (tertiary/aromatic N) is 3. The van der Waals surface area contributed by atoms with Crippen LogP contribution in [0.25, 0.3) is 0 Å². The molecular weight excluding hydrogens is 258 g/mol. The number of rotatable bonds is 4. The summed E-state index contributed by atoms with van der Waals surface area (Å²) in [5.74, 6) is -0.787. The number of Topliss-reactive ketones (excluding diaryl/α,β-unsaturated/α-hetero) is 1. The Labute approximate surface area is 116 Å². The van der Waals surface area contributed by atoms with Crippen molar-refractivity contribution in [2.24, 2.45) is 0 Å². The Morgan fingerprint density at radius 2 is 2.15 bits per heavy atom. The van der Waals surface area contributed by atoms with E-state index in [2.05, 4.69) is 11.0 Å². The summed E-state index contributed by atoms with van der Waals surface area (Å²) in [6, 6.07) is 3.22. The van der Waals surface area contributed by atoms with Gasteiger partial charge in [0.05, 0.1) is 16.8 Å². The van der Waals surface area contributed by atoms with Gasteiger partial charge in [0.1, 0.15) is 23.5 Å². The fourth-order valence-corrected chi connectivity index (χ4v) is 2.03. The summed E-state index contributed by atoms with van der Waals surface area (Å²) in [6.07, 6.45) is 3.47. The first-order valence-electron chi connectivity index (χ1n) is 6.17. The van der Waals surface area contributed by atoms with Crippen LogP contribution >= 0.6 is 0 Å². The topological polar surface area (TPSA) is 112 Å². The van der Waals surface area contributed by atoms with Gasteiger partial charge in [0, 0.05) is 12.7 Å². The third-order valence-electron chi connectivity index (χ3n) is 3.09. The summed E-state index contributed by atoms with van der Waals surface area (Å²) >= 11 is 0. The lowest BCUT2D eigenvalue weighted by Crippen LogP contribution is -2.40. The molecule has 0 aromatic carbocycles. The Kier molecular flexibility index (Phi) is 3.74. The molecule has 0 aromatic heterocycles. The van der Waals surface area contributed by atoms with E-state index in [-0.39, 0.29) is 22.5 Å². The number of carbonyl (C=O) groups excluding carboxylic acids is 1. The minimum absolute atomic E-state index is 0.122. The second-order valence-electron chi connectivity index (χ2n) is 4.32. The average molecular weight is 271 g/mol. The number of aliphatic hydroxyl groups excluding tert-OH is 1. The number of aliphatic hydroxyl groups is 1. The standard InChI is InChI=1S/C13H13N5O2/c1-2-3-4-18-9(7-16-17-18)11-12(19)10(13(11)20)8(5-14)6-15/h7,16-17,19H,2-4H2,1H3. The molecule has 0 unspecified atom stereocenters. The van der Waals surface area contributed by atoms with Gasteiger partial charge in [-0.1, -0.05) is 13.3 Å². The minimum atomic E-state index is -0.487. The molecule has 102 valence electrons. The largest absolute Gasteiger partial charge is 0.506 e. The van der Waals surface area contributed by atoms with Crippen LogP contribution in [0.1, 0.15) is 19.8 Å². The maximum Gasteiger partial charge on any atom is 0.204 e. The van der Waals surface area contributed by atoms with Gasteiger partial charge in [-0.3, -0.25) is 9.80 Å². The average Bonchev–Trinajstić information content (AvgIpc) is 2.90. The SMILES string of the molecule is CCCCN1NNC=C1C1=C(O)C(=C(C#N)C#N)C1=O. The van der Waals surface area contributed by atoms with Crippen molar-refractivity contribution in [1.82, 2.24) is 16.0 Å². The van der Waals surface area contributed by atoms with E-state index in [1.54, 1.807) is 23.3 Å². The molecular formula is C13H13N5O2. The lowest BCUT2D eigenvalue weighted by molar-refractivity contribution is -0.113. The van der Waals surface area contributed by atoms with E-state index in [1.807, 2.05) is 6.92 Å². The first-order valence-corrected chi connectivity index (χ1v) is 6.17. The normalized spacial score (nSPS) is 17.1. The van der Waals surface area contributed by atoms with E-state index < -0.39 is 5.78 Å². The highest BCUT2D eigenvalue weighted by Crippen LogP contribution is 2.36. The van der Waals surface area contributed by atoms with E-state index in [0.717, 1.165) is 12.8 Å². The van der Waals surface area contributed by atoms with Crippen molar-refractivity contribution in [1.29, 1.82) is 10.5 Å². The molecule has 2 rings (SSSR count). The van der Waals surface area contributed by atoms with E-state index in [0.29, 0.717) is 12.2 Å². The monoisotopic (exact) mass is 271 g/mol. The molecule has 3 N–H and O–H groups in total. The van der Waals surface area contributed by atoms with E-state index >= 15 is 0 Å². The van der Waals surface area contributed by atoms with Crippen LogP contribution in [0.3, 0.4) is 0 Å². The molecule has 0 amide bonds. The van der Waals surface area contributed by atoms with Crippen LogP contribution in [-0.4, -0.2) is 22.4 Å². The number of carbonyl (C=O) groups is 1. The molecule has 2 aliphatic rings. The predicted molar refractivity (Wildman–Crippen MR) is 68.9 cm³/mol. The fourth-order valence-electron chi connectivity index (χ4n) is 2.03. The van der Waals surface area contributed by atoms with Gasteiger partial charge in [-0.2, -0.15) is 10.5 Å². The van der Waals surface area contributed by atoms with Crippen molar-refractivity contribution in [3.63, 3.8) is 0 Å². The number of hydrogen-bond donors (Lipinski definition) is 3. The van der Waals surface area contributed by atoms with Crippen LogP contribution in [0.4, 0.5) is 0 Å². The maximum atomic E-state index is 12.0. The van der Waals surface area contributed by atoms with Gasteiger partial charge in [0.2, 0.25) is 5.78 Å². The van der Waals surface area contributed by atoms with Crippen molar-refractivity contribution >= 4 is 5.78 Å². The lowest BCUT2D eigenvalue weighted by atomic mass is 9.83. The number of nitriles is 2. The van der Waals surface area contributed by atoms with Gasteiger partial charge >= 0.3 is 0 Å². The molecule has 0 fully saturated rings. The highest BCUT2D eigenvalue weighted by molar-refractivity contribution is 6.22. The Morgan fingerprint density at radius 3 is 2.70 bits per heavy atom. The lowest BCUT2D eigenvalue weighted by Gasteiger charge is -2.27. The molecule has 7 nitrogen and oxygen atoms in total. The van der Waals surface area contributed by atoms with Crippen molar-refractivity contribution in [3.05, 3.63) is 34.4 Å². The van der Waals surface area contributed by atoms with Crippen molar-refractivity contribution in [2.45, 2.75) is 19.8 Å². The molecule has 0 atom stereocenters. The number of allylic oxidation sites excluding steroid dienone is 3. The van der Waals surface area contributed by atoms with Crippen molar-refractivity contribution in [3.8, 4) is 12.1 Å². The predicted octanol–water partition coefficient (Wildman–Crippen LogP) is 0.691. The number of ketones is 1. The molecule has 0 saturated carbocycles. The summed E-state index contributed by atoms with van der Waals surface area (Å²) in [6.45, 7) is 2.72. The van der Waals surface area contributed by atoms with Gasteiger partial charge in [-0.25, -0.2) is 0 Å². The molecule has 20 heavy (non-hydrogen) atoms. The smallest absolute Gasteiger partial charge is 0.204 e. The van der Waals surface area contributed by atoms with Gasteiger partial charge in [0.15, 0.2) is 0 Å². The van der Waals surface area contributed by atoms with Gasteiger partial charge in [-0.15, -0.1) is 5.53 Å². The highest BCUT2D eigenvalue weighted by Gasteiger charge is 2.41. The number of hydrazine groups is 2. The summed E-state index contributed by atoms with van der Waals surface area (Å²) in [5.41, 5.74) is 5.68. The molecule has 0 bridgehead atoms. The maximum absolute atomic E-state index is 12.0. The number of hydrogen-bond acceptors (Lipinski definition) is 7. The van der Waals surface area contributed by atoms with Gasteiger partial charge in [-0.05, 0) is 6.42 Å². The molecule has 1 aliphatic heterocycles. The highest BCUT2D eigenvalue weighted by atomic mass is 16.3. The Morgan fingerprint density at radius 1 is 1.45 bits per heavy atom. The molecule has 0 aromatic rings. The van der Waals surface area contributed by atoms with E-state index in [9.17, 15) is 9.90 Å².